The Morgan fingerprint density at radius 1 is 1.39 bits per heavy atom. The number of rotatable bonds is 3. The van der Waals surface area contributed by atoms with Gasteiger partial charge in [-0.05, 0) is 13.3 Å². The summed E-state index contributed by atoms with van der Waals surface area (Å²) in [6.45, 7) is 3.74. The van der Waals surface area contributed by atoms with E-state index in [0.29, 0.717) is 35.1 Å². The Morgan fingerprint density at radius 2 is 2.17 bits per heavy atom. The summed E-state index contributed by atoms with van der Waals surface area (Å²) in [7, 11) is 1.52. The number of ether oxygens (including phenoxy) is 1. The molecule has 0 radical (unpaired) electrons. The molecule has 0 aliphatic heterocycles. The molecule has 0 amide bonds. The topological polar surface area (TPSA) is 80.8 Å². The Bertz CT molecular complexity index is 622. The standard InChI is InChI=1S/C12H14N4O2/c1-4-8-7(2)15-11(16-12(8)17)9-5-10(18-3)14-6-13-9/h5-6H,4H2,1-3H3,(H,15,16,17). The van der Waals surface area contributed by atoms with Crippen LogP contribution in [0.3, 0.4) is 0 Å². The van der Waals surface area contributed by atoms with Crippen LogP contribution in [-0.2, 0) is 6.42 Å². The second-order valence-corrected chi connectivity index (χ2v) is 3.78. The summed E-state index contributed by atoms with van der Waals surface area (Å²) < 4.78 is 5.01. The van der Waals surface area contributed by atoms with E-state index in [9.17, 15) is 4.79 Å². The van der Waals surface area contributed by atoms with E-state index in [4.69, 9.17) is 4.74 Å². The molecule has 2 rings (SSSR count). The highest BCUT2D eigenvalue weighted by molar-refractivity contribution is 5.50. The lowest BCUT2D eigenvalue weighted by Crippen LogP contribution is -2.17. The molecule has 18 heavy (non-hydrogen) atoms. The van der Waals surface area contributed by atoms with Gasteiger partial charge in [0.15, 0.2) is 5.82 Å². The molecule has 2 heterocycles. The SMILES string of the molecule is CCc1c(C)nc(-c2cc(OC)ncn2)[nH]c1=O. The number of nitrogens with zero attached hydrogens (tertiary/aromatic N) is 3. The quantitative estimate of drug-likeness (QED) is 0.877. The predicted molar refractivity (Wildman–Crippen MR) is 66.6 cm³/mol. The van der Waals surface area contributed by atoms with Crippen LogP contribution >= 0.6 is 0 Å². The fourth-order valence-electron chi connectivity index (χ4n) is 1.73. The van der Waals surface area contributed by atoms with E-state index in [-0.39, 0.29) is 5.56 Å². The van der Waals surface area contributed by atoms with Crippen molar-refractivity contribution >= 4 is 0 Å². The third-order valence-electron chi connectivity index (χ3n) is 2.67. The summed E-state index contributed by atoms with van der Waals surface area (Å²) in [6, 6.07) is 1.63. The van der Waals surface area contributed by atoms with E-state index in [2.05, 4.69) is 19.9 Å². The number of aromatic amines is 1. The van der Waals surface area contributed by atoms with Crippen molar-refractivity contribution in [1.82, 2.24) is 19.9 Å². The highest BCUT2D eigenvalue weighted by atomic mass is 16.5. The van der Waals surface area contributed by atoms with Crippen LogP contribution in [0, 0.1) is 6.92 Å². The van der Waals surface area contributed by atoms with Gasteiger partial charge in [0.2, 0.25) is 5.88 Å². The number of H-pyrrole nitrogens is 1. The van der Waals surface area contributed by atoms with Crippen LogP contribution in [-0.4, -0.2) is 27.0 Å². The lowest BCUT2D eigenvalue weighted by Gasteiger charge is -2.05. The molecule has 0 bridgehead atoms. The zero-order valence-corrected chi connectivity index (χ0v) is 10.5. The molecule has 0 spiro atoms. The number of hydrogen-bond acceptors (Lipinski definition) is 5. The fraction of sp³-hybridized carbons (Fsp3) is 0.333. The van der Waals surface area contributed by atoms with Crippen LogP contribution < -0.4 is 10.3 Å². The Morgan fingerprint density at radius 3 is 2.78 bits per heavy atom. The van der Waals surface area contributed by atoms with Gasteiger partial charge >= 0.3 is 0 Å². The average Bonchev–Trinajstić information content (AvgIpc) is 2.38. The van der Waals surface area contributed by atoms with Crippen LogP contribution in [0.2, 0.25) is 0 Å². The number of methoxy groups -OCH3 is 1. The van der Waals surface area contributed by atoms with Gasteiger partial charge in [0.05, 0.1) is 7.11 Å². The van der Waals surface area contributed by atoms with Crippen molar-refractivity contribution in [2.75, 3.05) is 7.11 Å². The monoisotopic (exact) mass is 246 g/mol. The van der Waals surface area contributed by atoms with E-state index >= 15 is 0 Å². The number of hydrogen-bond donors (Lipinski definition) is 1. The maximum atomic E-state index is 11.8. The first kappa shape index (κ1) is 12.2. The lowest BCUT2D eigenvalue weighted by molar-refractivity contribution is 0.397. The second-order valence-electron chi connectivity index (χ2n) is 3.78. The molecule has 6 heteroatoms. The maximum absolute atomic E-state index is 11.8. The molecular weight excluding hydrogens is 232 g/mol. The first-order valence-corrected chi connectivity index (χ1v) is 5.62. The number of aromatic nitrogens is 4. The van der Waals surface area contributed by atoms with Crippen molar-refractivity contribution in [2.24, 2.45) is 0 Å². The average molecular weight is 246 g/mol. The van der Waals surface area contributed by atoms with Gasteiger partial charge in [0.25, 0.3) is 5.56 Å². The zero-order chi connectivity index (χ0) is 13.1. The van der Waals surface area contributed by atoms with Crippen molar-refractivity contribution in [3.8, 4) is 17.4 Å². The van der Waals surface area contributed by atoms with Gasteiger partial charge in [-0.1, -0.05) is 6.92 Å². The molecule has 2 aromatic heterocycles. The Balaban J connectivity index is 2.54. The van der Waals surface area contributed by atoms with Gasteiger partial charge in [-0.15, -0.1) is 0 Å². The third kappa shape index (κ3) is 2.22. The molecule has 0 unspecified atom stereocenters. The van der Waals surface area contributed by atoms with Crippen LogP contribution in [0.15, 0.2) is 17.2 Å². The van der Waals surface area contributed by atoms with E-state index < -0.39 is 0 Å². The number of aryl methyl sites for hydroxylation is 1. The molecule has 0 fully saturated rings. The van der Waals surface area contributed by atoms with Crippen molar-refractivity contribution in [1.29, 1.82) is 0 Å². The summed E-state index contributed by atoms with van der Waals surface area (Å²) in [5, 5.41) is 0. The molecular formula is C12H14N4O2. The predicted octanol–water partition coefficient (Wildman–Crippen LogP) is 1.11. The summed E-state index contributed by atoms with van der Waals surface area (Å²) in [6.07, 6.45) is 2.03. The van der Waals surface area contributed by atoms with Crippen molar-refractivity contribution in [3.05, 3.63) is 34.0 Å². The summed E-state index contributed by atoms with van der Waals surface area (Å²) in [5.74, 6) is 0.857. The zero-order valence-electron chi connectivity index (χ0n) is 10.5. The third-order valence-corrected chi connectivity index (χ3v) is 2.67. The van der Waals surface area contributed by atoms with E-state index in [1.807, 2.05) is 13.8 Å². The first-order valence-electron chi connectivity index (χ1n) is 5.62. The van der Waals surface area contributed by atoms with Crippen molar-refractivity contribution < 1.29 is 4.74 Å². The summed E-state index contributed by atoms with van der Waals surface area (Å²) >= 11 is 0. The molecule has 0 aliphatic rings. The normalized spacial score (nSPS) is 10.4. The molecule has 94 valence electrons. The fourth-order valence-corrected chi connectivity index (χ4v) is 1.73. The minimum Gasteiger partial charge on any atom is -0.481 e. The second kappa shape index (κ2) is 4.95. The first-order chi connectivity index (χ1) is 8.65. The van der Waals surface area contributed by atoms with E-state index in [0.717, 1.165) is 0 Å². The maximum Gasteiger partial charge on any atom is 0.254 e. The van der Waals surface area contributed by atoms with E-state index in [1.54, 1.807) is 6.07 Å². The molecule has 0 aliphatic carbocycles. The smallest absolute Gasteiger partial charge is 0.254 e. The molecule has 0 saturated carbocycles. The van der Waals surface area contributed by atoms with Gasteiger partial charge in [-0.2, -0.15) is 0 Å². The van der Waals surface area contributed by atoms with Crippen LogP contribution in [0.4, 0.5) is 0 Å². The number of nitrogens with one attached hydrogen (secondary N) is 1. The molecule has 0 aromatic carbocycles. The molecule has 0 saturated heterocycles. The minimum absolute atomic E-state index is 0.127. The molecule has 0 atom stereocenters. The lowest BCUT2D eigenvalue weighted by atomic mass is 10.2. The van der Waals surface area contributed by atoms with Gasteiger partial charge in [0, 0.05) is 17.3 Å². The molecule has 6 nitrogen and oxygen atoms in total. The largest absolute Gasteiger partial charge is 0.481 e. The Kier molecular flexibility index (Phi) is 3.36. The van der Waals surface area contributed by atoms with Gasteiger partial charge in [-0.3, -0.25) is 4.79 Å². The van der Waals surface area contributed by atoms with Gasteiger partial charge in [0.1, 0.15) is 12.0 Å². The van der Waals surface area contributed by atoms with Crippen LogP contribution in [0.1, 0.15) is 18.2 Å². The van der Waals surface area contributed by atoms with Crippen molar-refractivity contribution in [3.63, 3.8) is 0 Å². The highest BCUT2D eigenvalue weighted by Crippen LogP contribution is 2.15. The summed E-state index contributed by atoms with van der Waals surface area (Å²) in [4.78, 5) is 26.9. The highest BCUT2D eigenvalue weighted by Gasteiger charge is 2.09. The van der Waals surface area contributed by atoms with Crippen molar-refractivity contribution in [2.45, 2.75) is 20.3 Å². The Hall–Kier alpha value is -2.24. The van der Waals surface area contributed by atoms with Gasteiger partial charge in [-0.25, -0.2) is 15.0 Å². The van der Waals surface area contributed by atoms with E-state index in [1.165, 1.54) is 13.4 Å². The molecule has 2 aromatic rings. The van der Waals surface area contributed by atoms with Crippen LogP contribution in [0.5, 0.6) is 5.88 Å². The van der Waals surface area contributed by atoms with Gasteiger partial charge < -0.3 is 9.72 Å². The summed E-state index contributed by atoms with van der Waals surface area (Å²) in [5.41, 5.74) is 1.82. The Labute approximate surface area is 104 Å². The minimum atomic E-state index is -0.127. The molecule has 1 N–H and O–H groups in total. The van der Waals surface area contributed by atoms with Crippen LogP contribution in [0.25, 0.3) is 11.5 Å².